The molecule has 9 nitrogen and oxygen atoms in total. The maximum atomic E-state index is 15.6. The van der Waals surface area contributed by atoms with Gasteiger partial charge in [0, 0.05) is 41.3 Å². The Kier molecular flexibility index (Phi) is 7.88. The average Bonchev–Trinajstić information content (AvgIpc) is 3.45. The summed E-state index contributed by atoms with van der Waals surface area (Å²) in [5, 5.41) is 13.7. The molecule has 0 amide bonds. The monoisotopic (exact) mass is 602 g/mol. The van der Waals surface area contributed by atoms with Crippen LogP contribution in [-0.2, 0) is 19.1 Å². The quantitative estimate of drug-likeness (QED) is 0.280. The van der Waals surface area contributed by atoms with E-state index in [1.807, 2.05) is 0 Å². The third-order valence-corrected chi connectivity index (χ3v) is 8.45. The zero-order valence-electron chi connectivity index (χ0n) is 20.9. The van der Waals surface area contributed by atoms with E-state index in [1.165, 1.54) is 28.5 Å². The lowest BCUT2D eigenvalue weighted by Gasteiger charge is -2.52. The van der Waals surface area contributed by atoms with Crippen LogP contribution in [0.15, 0.2) is 40.0 Å². The minimum atomic E-state index is -3.41. The zero-order valence-corrected chi connectivity index (χ0v) is 22.4. The number of aromatic nitrogens is 1. The van der Waals surface area contributed by atoms with E-state index in [0.29, 0.717) is 5.01 Å². The third-order valence-electron chi connectivity index (χ3n) is 7.29. The number of benzene rings is 1. The van der Waals surface area contributed by atoms with Gasteiger partial charge in [-0.2, -0.15) is 0 Å². The van der Waals surface area contributed by atoms with Crippen molar-refractivity contribution in [3.8, 4) is 0 Å². The minimum absolute atomic E-state index is 0.0388. The summed E-state index contributed by atoms with van der Waals surface area (Å²) >= 11 is 7.37. The van der Waals surface area contributed by atoms with Crippen molar-refractivity contribution < 1.29 is 41.7 Å². The number of methoxy groups -OCH3 is 1. The molecule has 0 radical (unpaired) electrons. The number of hydrogen-bond acceptors (Lipinski definition) is 9. The number of aliphatic imine (C=N–C) groups is 1. The summed E-state index contributed by atoms with van der Waals surface area (Å²) in [6.07, 6.45) is 0.667. The fourth-order valence-corrected chi connectivity index (χ4v) is 6.25. The number of ether oxygens (including phenoxy) is 2. The third kappa shape index (κ3) is 5.08. The molecule has 15 heteroatoms. The average molecular weight is 603 g/mol. The second-order valence-corrected chi connectivity index (χ2v) is 10.8. The summed E-state index contributed by atoms with van der Waals surface area (Å²) in [6, 6.07) is -1.31. The molecule has 2 aromatic rings. The molecule has 0 aliphatic carbocycles. The Morgan fingerprint density at radius 1 is 1.32 bits per heavy atom. The highest BCUT2D eigenvalue weighted by Crippen LogP contribution is 2.45. The summed E-state index contributed by atoms with van der Waals surface area (Å²) in [7, 11) is 1.12. The van der Waals surface area contributed by atoms with E-state index >= 15 is 8.78 Å². The number of aliphatic carboxylic acids is 1. The normalized spacial score (nSPS) is 26.2. The zero-order chi connectivity index (χ0) is 28.8. The van der Waals surface area contributed by atoms with Crippen LogP contribution < -0.4 is 5.32 Å². The van der Waals surface area contributed by atoms with Gasteiger partial charge in [0.2, 0.25) is 0 Å². The highest BCUT2D eigenvalue weighted by atomic mass is 35.5. The van der Waals surface area contributed by atoms with E-state index in [-0.39, 0.29) is 48.8 Å². The molecule has 3 aliphatic rings. The fourth-order valence-electron chi connectivity index (χ4n) is 5.40. The van der Waals surface area contributed by atoms with Crippen molar-refractivity contribution in [1.82, 2.24) is 15.2 Å². The summed E-state index contributed by atoms with van der Waals surface area (Å²) in [6.45, 7) is -0.512. The molecule has 2 bridgehead atoms. The lowest BCUT2D eigenvalue weighted by atomic mass is 9.79. The number of hydrogen-bond donors (Lipinski definition) is 2. The molecule has 0 unspecified atom stereocenters. The number of esters is 1. The number of carboxylic acid groups (broad SMARTS) is 1. The van der Waals surface area contributed by atoms with Gasteiger partial charge in [0.05, 0.1) is 43.4 Å². The van der Waals surface area contributed by atoms with Crippen LogP contribution in [0.3, 0.4) is 0 Å². The SMILES string of the molecule is COC(=O)C1=C(CN2[C@@H]3COC[C@H]2C(F)(F)[C@@H](CC(=O)O)C3)NC(c2nccs2)=N[C@H]1c1ccc(F)c(F)c1Cl. The number of nitrogens with zero attached hydrogens (tertiary/aromatic N) is 3. The van der Waals surface area contributed by atoms with Crippen molar-refractivity contribution in [3.63, 3.8) is 0 Å². The lowest BCUT2D eigenvalue weighted by Crippen LogP contribution is -2.67. The highest BCUT2D eigenvalue weighted by molar-refractivity contribution is 7.11. The van der Waals surface area contributed by atoms with Gasteiger partial charge in [0.25, 0.3) is 5.92 Å². The van der Waals surface area contributed by atoms with Crippen LogP contribution in [-0.4, -0.2) is 77.6 Å². The Bertz CT molecular complexity index is 1390. The highest BCUT2D eigenvalue weighted by Gasteiger charge is 2.58. The number of piperidine rings is 1. The van der Waals surface area contributed by atoms with Crippen molar-refractivity contribution in [2.24, 2.45) is 10.9 Å². The molecule has 214 valence electrons. The van der Waals surface area contributed by atoms with Gasteiger partial charge in [-0.05, 0) is 12.5 Å². The molecule has 2 N–H and O–H groups in total. The number of alkyl halides is 2. The standard InChI is InChI=1S/C25H23ClF4N4O5S/c1-38-24(37)18-15(8-34-12-6-11(7-17(35)36)25(29,30)16(34)10-39-9-12)32-22(23-31-4-5-40-23)33-21(18)13-2-3-14(27)20(28)19(13)26/h2-5,11-12,16,21H,6-10H2,1H3,(H,32,33)(H,35,36)/t11-,12+,16+,21+/m1/s1. The van der Waals surface area contributed by atoms with Crippen molar-refractivity contribution in [2.45, 2.75) is 36.9 Å². The van der Waals surface area contributed by atoms with Gasteiger partial charge in [-0.15, -0.1) is 11.3 Å². The Hall–Kier alpha value is -3.07. The van der Waals surface area contributed by atoms with Gasteiger partial charge in [-0.25, -0.2) is 27.3 Å². The largest absolute Gasteiger partial charge is 0.481 e. The molecule has 4 heterocycles. The molecule has 2 saturated heterocycles. The first-order valence-corrected chi connectivity index (χ1v) is 13.4. The molecule has 3 aliphatic heterocycles. The number of amidine groups is 1. The Balaban J connectivity index is 1.61. The second kappa shape index (κ2) is 11.1. The maximum Gasteiger partial charge on any atom is 0.338 e. The Morgan fingerprint density at radius 2 is 2.10 bits per heavy atom. The van der Waals surface area contributed by atoms with Crippen LogP contribution >= 0.6 is 22.9 Å². The Morgan fingerprint density at radius 3 is 2.77 bits per heavy atom. The molecule has 0 spiro atoms. The van der Waals surface area contributed by atoms with E-state index in [9.17, 15) is 23.5 Å². The molecule has 4 atom stereocenters. The number of morpholine rings is 1. The van der Waals surface area contributed by atoms with E-state index in [2.05, 4.69) is 15.3 Å². The van der Waals surface area contributed by atoms with Crippen LogP contribution in [0.4, 0.5) is 17.6 Å². The predicted molar refractivity (Wildman–Crippen MR) is 135 cm³/mol. The number of nitrogens with one attached hydrogen (secondary N) is 1. The van der Waals surface area contributed by atoms with E-state index in [1.54, 1.807) is 5.38 Å². The predicted octanol–water partition coefficient (Wildman–Crippen LogP) is 3.79. The van der Waals surface area contributed by atoms with Crippen LogP contribution in [0.2, 0.25) is 5.02 Å². The first-order valence-electron chi connectivity index (χ1n) is 12.1. The number of halogens is 5. The first kappa shape index (κ1) is 28.5. The summed E-state index contributed by atoms with van der Waals surface area (Å²) in [5.41, 5.74) is -0.0454. The van der Waals surface area contributed by atoms with Gasteiger partial charge < -0.3 is 19.9 Å². The van der Waals surface area contributed by atoms with Crippen LogP contribution in [0.25, 0.3) is 0 Å². The van der Waals surface area contributed by atoms with Crippen molar-refractivity contribution in [3.05, 3.63) is 62.2 Å². The summed E-state index contributed by atoms with van der Waals surface area (Å²) in [4.78, 5) is 34.7. The summed E-state index contributed by atoms with van der Waals surface area (Å²) in [5.74, 6) is -9.38. The number of rotatable bonds is 7. The van der Waals surface area contributed by atoms with Gasteiger partial charge in [-0.3, -0.25) is 14.7 Å². The van der Waals surface area contributed by atoms with Crippen LogP contribution in [0.5, 0.6) is 0 Å². The first-order chi connectivity index (χ1) is 19.0. The topological polar surface area (TPSA) is 113 Å². The van der Waals surface area contributed by atoms with Gasteiger partial charge >= 0.3 is 11.9 Å². The number of fused-ring (bicyclic) bond motifs is 2. The molecule has 1 aromatic carbocycles. The van der Waals surface area contributed by atoms with Crippen molar-refractivity contribution in [1.29, 1.82) is 0 Å². The van der Waals surface area contributed by atoms with E-state index in [0.717, 1.165) is 13.2 Å². The number of carbonyl (C=O) groups excluding carboxylic acids is 1. The van der Waals surface area contributed by atoms with E-state index in [4.69, 9.17) is 21.1 Å². The van der Waals surface area contributed by atoms with Crippen LogP contribution in [0.1, 0.15) is 29.5 Å². The van der Waals surface area contributed by atoms with Crippen molar-refractivity contribution in [2.75, 3.05) is 26.9 Å². The fraction of sp³-hybridized carbons (Fsp3) is 0.440. The molecule has 2 fully saturated rings. The minimum Gasteiger partial charge on any atom is -0.481 e. The van der Waals surface area contributed by atoms with Gasteiger partial charge in [0.15, 0.2) is 22.5 Å². The Labute approximate surface area is 234 Å². The van der Waals surface area contributed by atoms with E-state index < -0.39 is 65.0 Å². The van der Waals surface area contributed by atoms with Gasteiger partial charge in [-0.1, -0.05) is 17.7 Å². The molecule has 1 aromatic heterocycles. The van der Waals surface area contributed by atoms with Crippen molar-refractivity contribution >= 4 is 40.7 Å². The maximum absolute atomic E-state index is 15.6. The number of thiazole rings is 1. The second-order valence-electron chi connectivity index (χ2n) is 9.58. The molecule has 5 rings (SSSR count). The number of carbonyl (C=O) groups is 2. The summed E-state index contributed by atoms with van der Waals surface area (Å²) < 4.78 is 70.0. The molecular weight excluding hydrogens is 580 g/mol. The molecule has 0 saturated carbocycles. The molecular formula is C25H23ClF4N4O5S. The smallest absolute Gasteiger partial charge is 0.338 e. The number of carboxylic acids is 1. The van der Waals surface area contributed by atoms with Gasteiger partial charge in [0.1, 0.15) is 6.04 Å². The lowest BCUT2D eigenvalue weighted by molar-refractivity contribution is -0.219. The van der Waals surface area contributed by atoms with Crippen LogP contribution in [0, 0.1) is 17.6 Å². The molecule has 40 heavy (non-hydrogen) atoms.